The van der Waals surface area contributed by atoms with E-state index in [2.05, 4.69) is 10.0 Å². The second kappa shape index (κ2) is 8.43. The molecule has 0 bridgehead atoms. The van der Waals surface area contributed by atoms with Gasteiger partial charge in [0, 0.05) is 10.7 Å². The van der Waals surface area contributed by atoms with Crippen molar-refractivity contribution in [1.29, 1.82) is 0 Å². The molecule has 1 aliphatic carbocycles. The molecule has 3 aromatic carbocycles. The number of phenolic OH excluding ortho intramolecular Hbond substituents is 2. The van der Waals surface area contributed by atoms with Gasteiger partial charge in [0.2, 0.25) is 0 Å². The van der Waals surface area contributed by atoms with Crippen molar-refractivity contribution < 1.29 is 28.2 Å². The van der Waals surface area contributed by atoms with E-state index in [4.69, 9.17) is 23.2 Å². The van der Waals surface area contributed by atoms with Gasteiger partial charge in [0.15, 0.2) is 17.3 Å². The molecule has 0 saturated carbocycles. The predicted molar refractivity (Wildman–Crippen MR) is 125 cm³/mol. The molecular weight excluding hydrogens is 491 g/mol. The standard InChI is InChI=1S/C22H14Cl2N2O6S/c23-11-3-1-5-13(9-11)26-33(31,32)14-6-2-4-12(10-14)25-20-19(24)21(29)17-15(27)7-8-16(28)18(17)22(20)30/h1-10,25-26,29-30H. The van der Waals surface area contributed by atoms with Crippen molar-refractivity contribution in [3.05, 3.63) is 81.9 Å². The van der Waals surface area contributed by atoms with Crippen molar-refractivity contribution in [1.82, 2.24) is 0 Å². The minimum atomic E-state index is -4.01. The number of phenols is 2. The Hall–Kier alpha value is -3.53. The zero-order valence-corrected chi connectivity index (χ0v) is 18.8. The molecule has 168 valence electrons. The number of sulfonamides is 1. The van der Waals surface area contributed by atoms with Crippen molar-refractivity contribution in [3.63, 3.8) is 0 Å². The molecule has 1 aliphatic rings. The summed E-state index contributed by atoms with van der Waals surface area (Å²) in [5.41, 5.74) is -0.638. The summed E-state index contributed by atoms with van der Waals surface area (Å²) in [6, 6.07) is 11.7. The SMILES string of the molecule is O=C1C=CC(=O)c2c(O)c(Nc3cccc(S(=O)(=O)Nc4cccc(Cl)c4)c3)c(Cl)c(O)c21. The second-order valence-corrected chi connectivity index (χ2v) is 9.46. The fourth-order valence-electron chi connectivity index (χ4n) is 3.26. The lowest BCUT2D eigenvalue weighted by Crippen LogP contribution is -2.14. The van der Waals surface area contributed by atoms with E-state index >= 15 is 0 Å². The van der Waals surface area contributed by atoms with Gasteiger partial charge in [0.05, 0.1) is 21.7 Å². The van der Waals surface area contributed by atoms with E-state index in [1.165, 1.54) is 36.4 Å². The zero-order valence-electron chi connectivity index (χ0n) is 16.5. The highest BCUT2D eigenvalue weighted by Crippen LogP contribution is 2.47. The number of nitrogens with one attached hydrogen (secondary N) is 2. The molecule has 0 saturated heterocycles. The first-order chi connectivity index (χ1) is 15.6. The maximum absolute atomic E-state index is 12.8. The molecule has 0 aliphatic heterocycles. The Morgan fingerprint density at radius 2 is 1.39 bits per heavy atom. The number of aromatic hydroxyl groups is 2. The summed E-state index contributed by atoms with van der Waals surface area (Å²) in [5, 5.41) is 23.7. The van der Waals surface area contributed by atoms with Gasteiger partial charge in [-0.05, 0) is 48.6 Å². The highest BCUT2D eigenvalue weighted by Gasteiger charge is 2.31. The molecule has 0 unspecified atom stereocenters. The van der Waals surface area contributed by atoms with Crippen LogP contribution in [0, 0.1) is 0 Å². The van der Waals surface area contributed by atoms with Crippen LogP contribution >= 0.6 is 23.2 Å². The number of hydrogen-bond acceptors (Lipinski definition) is 7. The molecule has 0 spiro atoms. The number of fused-ring (bicyclic) bond motifs is 1. The number of rotatable bonds is 5. The molecule has 4 rings (SSSR count). The molecule has 0 radical (unpaired) electrons. The van der Waals surface area contributed by atoms with Crippen molar-refractivity contribution in [2.75, 3.05) is 10.0 Å². The third kappa shape index (κ3) is 4.25. The quantitative estimate of drug-likeness (QED) is 0.287. The van der Waals surface area contributed by atoms with Gasteiger partial charge < -0.3 is 15.5 Å². The Morgan fingerprint density at radius 3 is 2.06 bits per heavy atom. The Morgan fingerprint density at radius 1 is 0.788 bits per heavy atom. The first-order valence-corrected chi connectivity index (χ1v) is 11.5. The lowest BCUT2D eigenvalue weighted by molar-refractivity contribution is 0.0989. The Balaban J connectivity index is 1.72. The average molecular weight is 505 g/mol. The zero-order chi connectivity index (χ0) is 23.9. The third-order valence-corrected chi connectivity index (χ3v) is 6.74. The van der Waals surface area contributed by atoms with E-state index in [9.17, 15) is 28.2 Å². The van der Waals surface area contributed by atoms with Gasteiger partial charge in [-0.3, -0.25) is 14.3 Å². The number of allylic oxidation sites excluding steroid dienone is 2. The molecular formula is C22H14Cl2N2O6S. The second-order valence-electron chi connectivity index (χ2n) is 6.97. The van der Waals surface area contributed by atoms with Crippen molar-refractivity contribution in [3.8, 4) is 11.5 Å². The summed E-state index contributed by atoms with van der Waals surface area (Å²) >= 11 is 12.0. The summed E-state index contributed by atoms with van der Waals surface area (Å²) < 4.78 is 28.0. The van der Waals surface area contributed by atoms with E-state index in [1.54, 1.807) is 12.1 Å². The number of carbonyl (C=O) groups excluding carboxylic acids is 2. The number of benzene rings is 3. The van der Waals surface area contributed by atoms with Gasteiger partial charge >= 0.3 is 0 Å². The summed E-state index contributed by atoms with van der Waals surface area (Å²) in [4.78, 5) is 24.2. The average Bonchev–Trinajstić information content (AvgIpc) is 2.76. The van der Waals surface area contributed by atoms with Crippen LogP contribution in [0.25, 0.3) is 0 Å². The van der Waals surface area contributed by atoms with Crippen LogP contribution in [-0.2, 0) is 10.0 Å². The largest absolute Gasteiger partial charge is 0.505 e. The monoisotopic (exact) mass is 504 g/mol. The van der Waals surface area contributed by atoms with Crippen molar-refractivity contribution in [2.45, 2.75) is 4.90 Å². The summed E-state index contributed by atoms with van der Waals surface area (Å²) in [5.74, 6) is -2.72. The highest BCUT2D eigenvalue weighted by atomic mass is 35.5. The maximum Gasteiger partial charge on any atom is 0.261 e. The summed E-state index contributed by atoms with van der Waals surface area (Å²) in [6.07, 6.45) is 1.94. The topological polar surface area (TPSA) is 133 Å². The highest BCUT2D eigenvalue weighted by molar-refractivity contribution is 7.92. The summed E-state index contributed by atoms with van der Waals surface area (Å²) in [7, 11) is -4.01. The van der Waals surface area contributed by atoms with Crippen molar-refractivity contribution in [2.24, 2.45) is 0 Å². The molecule has 4 N–H and O–H groups in total. The molecule has 11 heteroatoms. The molecule has 0 aromatic heterocycles. The van der Waals surface area contributed by atoms with Crippen molar-refractivity contribution >= 4 is 61.9 Å². The van der Waals surface area contributed by atoms with Crippen LogP contribution in [0.1, 0.15) is 20.7 Å². The normalized spacial score (nSPS) is 13.0. The van der Waals surface area contributed by atoms with E-state index in [1.807, 2.05) is 0 Å². The lowest BCUT2D eigenvalue weighted by atomic mass is 9.92. The molecule has 0 atom stereocenters. The number of halogens is 2. The molecule has 33 heavy (non-hydrogen) atoms. The Labute approximate surface area is 198 Å². The minimum Gasteiger partial charge on any atom is -0.505 e. The number of ketones is 2. The maximum atomic E-state index is 12.8. The van der Waals surface area contributed by atoms with E-state index in [0.717, 1.165) is 12.2 Å². The Kier molecular flexibility index (Phi) is 5.79. The number of anilines is 3. The van der Waals surface area contributed by atoms with E-state index in [0.29, 0.717) is 5.02 Å². The smallest absolute Gasteiger partial charge is 0.261 e. The van der Waals surface area contributed by atoms with Gasteiger partial charge in [0.1, 0.15) is 16.5 Å². The van der Waals surface area contributed by atoms with Gasteiger partial charge in [-0.25, -0.2) is 8.42 Å². The van der Waals surface area contributed by atoms with Gasteiger partial charge in [-0.1, -0.05) is 35.3 Å². The van der Waals surface area contributed by atoms with Crippen LogP contribution < -0.4 is 10.0 Å². The first-order valence-electron chi connectivity index (χ1n) is 9.28. The molecule has 3 aromatic rings. The molecule has 0 amide bonds. The third-order valence-electron chi connectivity index (χ3n) is 4.76. The minimum absolute atomic E-state index is 0.126. The lowest BCUT2D eigenvalue weighted by Gasteiger charge is -2.19. The van der Waals surface area contributed by atoms with Crippen LogP contribution in [-0.4, -0.2) is 30.2 Å². The summed E-state index contributed by atoms with van der Waals surface area (Å²) in [6.45, 7) is 0. The van der Waals surface area contributed by atoms with E-state index < -0.39 is 49.2 Å². The molecule has 0 fully saturated rings. The molecule has 8 nitrogen and oxygen atoms in total. The number of hydrogen-bond donors (Lipinski definition) is 4. The van der Waals surface area contributed by atoms with Crippen LogP contribution in [0.2, 0.25) is 10.0 Å². The van der Waals surface area contributed by atoms with Crippen LogP contribution in [0.15, 0.2) is 65.6 Å². The Bertz CT molecular complexity index is 1470. The predicted octanol–water partition coefficient (Wildman–Crippen LogP) is 4.88. The van der Waals surface area contributed by atoms with E-state index in [-0.39, 0.29) is 22.0 Å². The number of carbonyl (C=O) groups is 2. The van der Waals surface area contributed by atoms with Gasteiger partial charge in [0.25, 0.3) is 10.0 Å². The van der Waals surface area contributed by atoms with Gasteiger partial charge in [-0.2, -0.15) is 0 Å². The van der Waals surface area contributed by atoms with Gasteiger partial charge in [-0.15, -0.1) is 0 Å². The first kappa shape index (κ1) is 22.7. The fourth-order valence-corrected chi connectivity index (χ4v) is 4.77. The van der Waals surface area contributed by atoms with Crippen LogP contribution in [0.5, 0.6) is 11.5 Å². The molecule has 0 heterocycles. The van der Waals surface area contributed by atoms with Crippen LogP contribution in [0.3, 0.4) is 0 Å². The van der Waals surface area contributed by atoms with Crippen LogP contribution in [0.4, 0.5) is 17.1 Å². The fraction of sp³-hybridized carbons (Fsp3) is 0.